The first-order chi connectivity index (χ1) is 13.7. The van der Waals surface area contributed by atoms with E-state index >= 15 is 0 Å². The zero-order chi connectivity index (χ0) is 19.3. The molecule has 0 amide bonds. The third-order valence-electron chi connectivity index (χ3n) is 5.54. The summed E-state index contributed by atoms with van der Waals surface area (Å²) in [6.45, 7) is 3.70. The largest absolute Gasteiger partial charge is 0.369 e. The van der Waals surface area contributed by atoms with Crippen LogP contribution < -0.4 is 15.5 Å². The summed E-state index contributed by atoms with van der Waals surface area (Å²) >= 11 is 3.50. The highest BCUT2D eigenvalue weighted by Gasteiger charge is 2.23. The van der Waals surface area contributed by atoms with Crippen molar-refractivity contribution in [1.29, 1.82) is 0 Å². The van der Waals surface area contributed by atoms with E-state index in [1.54, 1.807) is 0 Å². The zero-order valence-electron chi connectivity index (χ0n) is 16.4. The highest BCUT2D eigenvalue weighted by atomic mass is 79.9. The molecule has 28 heavy (non-hydrogen) atoms. The van der Waals surface area contributed by atoms with Gasteiger partial charge in [-0.3, -0.25) is 4.99 Å². The monoisotopic (exact) mass is 445 g/mol. The summed E-state index contributed by atoms with van der Waals surface area (Å²) in [6.07, 6.45) is 5.82. The number of benzene rings is 1. The van der Waals surface area contributed by atoms with Crippen LogP contribution in [0, 0.1) is 0 Å². The Morgan fingerprint density at radius 1 is 1.18 bits per heavy atom. The molecule has 1 aromatic carbocycles. The van der Waals surface area contributed by atoms with Gasteiger partial charge in [0, 0.05) is 49.3 Å². The van der Waals surface area contributed by atoms with Crippen LogP contribution in [-0.2, 0) is 19.5 Å². The normalized spacial score (nSPS) is 20.0. The molecule has 1 atom stereocenters. The molecule has 0 radical (unpaired) electrons. The van der Waals surface area contributed by atoms with E-state index in [9.17, 15) is 0 Å². The second-order valence-corrected chi connectivity index (χ2v) is 8.39. The molecule has 1 aromatic heterocycles. The minimum absolute atomic E-state index is 0.380. The van der Waals surface area contributed by atoms with Gasteiger partial charge in [0.25, 0.3) is 0 Å². The van der Waals surface area contributed by atoms with Gasteiger partial charge in [-0.1, -0.05) is 22.4 Å². The van der Waals surface area contributed by atoms with Gasteiger partial charge in [-0.2, -0.15) is 0 Å². The van der Waals surface area contributed by atoms with Gasteiger partial charge >= 0.3 is 0 Å². The van der Waals surface area contributed by atoms with Gasteiger partial charge in [0.2, 0.25) is 0 Å². The predicted molar refractivity (Wildman–Crippen MR) is 116 cm³/mol. The molecule has 2 aliphatic rings. The van der Waals surface area contributed by atoms with Gasteiger partial charge in [-0.05, 0) is 43.5 Å². The van der Waals surface area contributed by atoms with E-state index in [0.717, 1.165) is 54.6 Å². The Bertz CT molecular complexity index is 814. The molecule has 0 saturated carbocycles. The average molecular weight is 446 g/mol. The smallest absolute Gasteiger partial charge is 0.191 e. The van der Waals surface area contributed by atoms with Crippen LogP contribution >= 0.6 is 15.9 Å². The lowest BCUT2D eigenvalue weighted by Crippen LogP contribution is -2.44. The third kappa shape index (κ3) is 4.48. The van der Waals surface area contributed by atoms with Crippen molar-refractivity contribution < 1.29 is 0 Å². The number of halogens is 1. The van der Waals surface area contributed by atoms with Gasteiger partial charge < -0.3 is 20.1 Å². The summed E-state index contributed by atoms with van der Waals surface area (Å²) in [7, 11) is 1.82. The maximum Gasteiger partial charge on any atom is 0.191 e. The number of fused-ring (bicyclic) bond motifs is 1. The van der Waals surface area contributed by atoms with Crippen molar-refractivity contribution >= 4 is 27.6 Å². The molecule has 1 fully saturated rings. The Morgan fingerprint density at radius 2 is 2.04 bits per heavy atom. The fourth-order valence-corrected chi connectivity index (χ4v) is 4.26. The lowest BCUT2D eigenvalue weighted by molar-refractivity contribution is 0.591. The fourth-order valence-electron chi connectivity index (χ4n) is 3.99. The molecule has 2 aliphatic heterocycles. The van der Waals surface area contributed by atoms with Crippen LogP contribution in [0.4, 0.5) is 5.69 Å². The van der Waals surface area contributed by atoms with Crippen molar-refractivity contribution in [1.82, 2.24) is 25.4 Å². The number of hydrogen-bond donors (Lipinski definition) is 2. The summed E-state index contributed by atoms with van der Waals surface area (Å²) in [6, 6.07) is 8.90. The van der Waals surface area contributed by atoms with E-state index < -0.39 is 0 Å². The van der Waals surface area contributed by atoms with Crippen molar-refractivity contribution in [2.75, 3.05) is 25.0 Å². The van der Waals surface area contributed by atoms with Crippen LogP contribution in [0.3, 0.4) is 0 Å². The van der Waals surface area contributed by atoms with Gasteiger partial charge in [0.15, 0.2) is 11.8 Å². The lowest BCUT2D eigenvalue weighted by atomic mass is 10.2. The zero-order valence-corrected chi connectivity index (χ0v) is 18.0. The molecular formula is C20H28BrN7. The number of nitrogens with zero attached hydrogens (tertiary/aromatic N) is 5. The number of hydrogen-bond acceptors (Lipinski definition) is 4. The van der Waals surface area contributed by atoms with Gasteiger partial charge in [0.1, 0.15) is 5.82 Å². The summed E-state index contributed by atoms with van der Waals surface area (Å²) in [5, 5.41) is 15.8. The molecule has 1 unspecified atom stereocenters. The fraction of sp³-hybridized carbons (Fsp3) is 0.550. The number of aryl methyl sites for hydroxylation is 1. The Balaban J connectivity index is 1.31. The number of anilines is 1. The highest BCUT2D eigenvalue weighted by molar-refractivity contribution is 9.10. The minimum atomic E-state index is 0.380. The molecule has 4 rings (SSSR count). The molecule has 0 aliphatic carbocycles. The molecule has 2 aromatic rings. The first-order valence-corrected chi connectivity index (χ1v) is 10.9. The average Bonchev–Trinajstić information content (AvgIpc) is 3.26. The summed E-state index contributed by atoms with van der Waals surface area (Å²) in [5.41, 5.74) is 1.27. The second-order valence-electron chi connectivity index (χ2n) is 7.47. The molecule has 7 nitrogen and oxygen atoms in total. The molecule has 2 N–H and O–H groups in total. The van der Waals surface area contributed by atoms with E-state index in [1.165, 1.54) is 24.9 Å². The van der Waals surface area contributed by atoms with Gasteiger partial charge in [-0.25, -0.2) is 0 Å². The quantitative estimate of drug-likeness (QED) is 0.559. The first kappa shape index (κ1) is 19.2. The van der Waals surface area contributed by atoms with E-state index in [4.69, 9.17) is 0 Å². The maximum absolute atomic E-state index is 4.40. The van der Waals surface area contributed by atoms with E-state index in [1.807, 2.05) is 7.05 Å². The highest BCUT2D eigenvalue weighted by Crippen LogP contribution is 2.22. The summed E-state index contributed by atoms with van der Waals surface area (Å²) in [4.78, 5) is 6.82. The van der Waals surface area contributed by atoms with Crippen molar-refractivity contribution in [3.8, 4) is 0 Å². The van der Waals surface area contributed by atoms with Crippen LogP contribution in [0.2, 0.25) is 0 Å². The SMILES string of the molecule is CN=C(NCc1nnc2n1CCCCC2)NC1CCN(c2ccc(Br)cc2)C1. The molecule has 1 saturated heterocycles. The minimum Gasteiger partial charge on any atom is -0.369 e. The molecular weight excluding hydrogens is 418 g/mol. The Kier molecular flexibility index (Phi) is 6.14. The second kappa shape index (κ2) is 8.94. The van der Waals surface area contributed by atoms with E-state index in [-0.39, 0.29) is 0 Å². The number of nitrogens with one attached hydrogen (secondary N) is 2. The number of rotatable bonds is 4. The van der Waals surface area contributed by atoms with Crippen LogP contribution in [0.25, 0.3) is 0 Å². The molecule has 150 valence electrons. The lowest BCUT2D eigenvalue weighted by Gasteiger charge is -2.20. The van der Waals surface area contributed by atoms with Crippen molar-refractivity contribution in [2.45, 2.75) is 51.2 Å². The molecule has 8 heteroatoms. The number of guanidine groups is 1. The Labute approximate surface area is 174 Å². The number of aromatic nitrogens is 3. The Hall–Kier alpha value is -2.09. The van der Waals surface area contributed by atoms with Crippen LogP contribution in [0.5, 0.6) is 0 Å². The van der Waals surface area contributed by atoms with Crippen molar-refractivity contribution in [2.24, 2.45) is 4.99 Å². The van der Waals surface area contributed by atoms with E-state index in [0.29, 0.717) is 12.6 Å². The van der Waals surface area contributed by atoms with Gasteiger partial charge in [0.05, 0.1) is 6.54 Å². The molecule has 3 heterocycles. The van der Waals surface area contributed by atoms with Crippen LogP contribution in [0.1, 0.15) is 37.3 Å². The van der Waals surface area contributed by atoms with E-state index in [2.05, 4.69) is 75.5 Å². The topological polar surface area (TPSA) is 70.4 Å². The maximum atomic E-state index is 4.40. The summed E-state index contributed by atoms with van der Waals surface area (Å²) in [5.74, 6) is 2.95. The van der Waals surface area contributed by atoms with Crippen LogP contribution in [-0.4, -0.2) is 46.9 Å². The number of aliphatic imine (C=N–C) groups is 1. The first-order valence-electron chi connectivity index (χ1n) is 10.1. The third-order valence-corrected chi connectivity index (χ3v) is 6.07. The molecule has 0 bridgehead atoms. The predicted octanol–water partition coefficient (Wildman–Crippen LogP) is 2.71. The Morgan fingerprint density at radius 3 is 2.86 bits per heavy atom. The molecule has 0 spiro atoms. The van der Waals surface area contributed by atoms with Crippen molar-refractivity contribution in [3.05, 3.63) is 40.4 Å². The van der Waals surface area contributed by atoms with Crippen LogP contribution in [0.15, 0.2) is 33.7 Å². The summed E-state index contributed by atoms with van der Waals surface area (Å²) < 4.78 is 3.39. The van der Waals surface area contributed by atoms with Crippen molar-refractivity contribution in [3.63, 3.8) is 0 Å². The standard InChI is InChI=1S/C20H28BrN7/c1-22-20(23-13-19-26-25-18-5-3-2-4-11-28(18)19)24-16-10-12-27(14-16)17-8-6-15(21)7-9-17/h6-9,16H,2-5,10-14H2,1H3,(H2,22,23,24). The van der Waals surface area contributed by atoms with Gasteiger partial charge in [-0.15, -0.1) is 10.2 Å².